The average molecular weight is 608 g/mol. The van der Waals surface area contributed by atoms with Gasteiger partial charge in [-0.3, -0.25) is 4.79 Å². The zero-order valence-corrected chi connectivity index (χ0v) is 22.3. The molecule has 184 valence electrons. The van der Waals surface area contributed by atoms with Crippen molar-refractivity contribution in [3.63, 3.8) is 0 Å². The fourth-order valence-electron chi connectivity index (χ4n) is 3.97. The van der Waals surface area contributed by atoms with Crippen molar-refractivity contribution in [3.05, 3.63) is 129 Å². The van der Waals surface area contributed by atoms with E-state index in [2.05, 4.69) is 39.2 Å². The van der Waals surface area contributed by atoms with Crippen LogP contribution in [0, 0.1) is 14.9 Å². The number of para-hydroxylation sites is 1. The van der Waals surface area contributed by atoms with Crippen LogP contribution in [-0.2, 0) is 6.61 Å². The van der Waals surface area contributed by atoms with E-state index in [9.17, 15) is 10.1 Å². The molecule has 7 heteroatoms. The average Bonchev–Trinajstić information content (AvgIpc) is 2.96. The van der Waals surface area contributed by atoms with Gasteiger partial charge in [0.05, 0.1) is 38.2 Å². The summed E-state index contributed by atoms with van der Waals surface area (Å²) in [6.07, 6.45) is 1.59. The molecule has 0 aliphatic rings. The quantitative estimate of drug-likeness (QED) is 0.126. The van der Waals surface area contributed by atoms with E-state index in [-0.39, 0.29) is 5.91 Å². The largest absolute Gasteiger partial charge is 0.488 e. The number of pyridine rings is 1. The Labute approximate surface area is 233 Å². The lowest BCUT2D eigenvalue weighted by Crippen LogP contribution is -2.18. The molecule has 1 amide bonds. The van der Waals surface area contributed by atoms with Gasteiger partial charge in [0.2, 0.25) is 0 Å². The highest BCUT2D eigenvalue weighted by atomic mass is 127. The summed E-state index contributed by atoms with van der Waals surface area (Å²) in [7, 11) is 0. The first-order valence-corrected chi connectivity index (χ1v) is 12.9. The molecule has 0 saturated heterocycles. The van der Waals surface area contributed by atoms with Gasteiger partial charge in [-0.25, -0.2) is 10.4 Å². The zero-order valence-electron chi connectivity index (χ0n) is 20.1. The summed E-state index contributed by atoms with van der Waals surface area (Å²) < 4.78 is 6.82. The number of hydrogen-bond donors (Lipinski definition) is 1. The van der Waals surface area contributed by atoms with Gasteiger partial charge in [-0.15, -0.1) is 0 Å². The Balaban J connectivity index is 1.30. The van der Waals surface area contributed by atoms with Crippen LogP contribution in [0.1, 0.15) is 27.0 Å². The van der Waals surface area contributed by atoms with E-state index in [0.29, 0.717) is 23.5 Å². The second kappa shape index (κ2) is 11.7. The molecule has 0 bridgehead atoms. The number of hydrogen-bond acceptors (Lipinski definition) is 5. The number of aromatic nitrogens is 1. The highest BCUT2D eigenvalue weighted by Gasteiger charge is 2.13. The van der Waals surface area contributed by atoms with Gasteiger partial charge in [0.25, 0.3) is 5.91 Å². The van der Waals surface area contributed by atoms with E-state index >= 15 is 0 Å². The Morgan fingerprint density at radius 3 is 2.55 bits per heavy atom. The molecule has 6 nitrogen and oxygen atoms in total. The first-order chi connectivity index (χ1) is 18.6. The maximum absolute atomic E-state index is 13.1. The third kappa shape index (κ3) is 5.71. The number of nitriles is 1. The molecule has 38 heavy (non-hydrogen) atoms. The molecule has 5 aromatic rings. The van der Waals surface area contributed by atoms with Gasteiger partial charge in [0.15, 0.2) is 0 Å². The minimum atomic E-state index is -0.317. The minimum absolute atomic E-state index is 0.300. The standard InChI is InChI=1S/C31H21IN4O2/c32-27-16-21(14-15-30(27)38-20-24-11-5-4-10-23(24)18-33)19-34-36-31(37)26-17-29(22-8-2-1-3-9-22)35-28-13-7-6-12-25(26)28/h1-17,19H,20H2,(H,36,37)/b34-19+. The number of hydrazone groups is 1. The third-order valence-electron chi connectivity index (χ3n) is 5.89. The molecule has 1 aromatic heterocycles. The summed E-state index contributed by atoms with van der Waals surface area (Å²) in [6.45, 7) is 0.300. The highest BCUT2D eigenvalue weighted by molar-refractivity contribution is 14.1. The van der Waals surface area contributed by atoms with Crippen LogP contribution < -0.4 is 10.2 Å². The van der Waals surface area contributed by atoms with Crippen LogP contribution in [0.4, 0.5) is 0 Å². The molecule has 0 radical (unpaired) electrons. The molecule has 0 aliphatic heterocycles. The number of carbonyl (C=O) groups is 1. The number of carbonyl (C=O) groups excluding carboxylic acids is 1. The number of nitrogens with one attached hydrogen (secondary N) is 1. The number of halogens is 1. The van der Waals surface area contributed by atoms with Gasteiger partial charge in [0.1, 0.15) is 12.4 Å². The summed E-state index contributed by atoms with van der Waals surface area (Å²) in [5, 5.41) is 14.2. The number of amides is 1. The molecule has 0 spiro atoms. The summed E-state index contributed by atoms with van der Waals surface area (Å²) >= 11 is 2.19. The smallest absolute Gasteiger partial charge is 0.272 e. The summed E-state index contributed by atoms with van der Waals surface area (Å²) in [5.41, 5.74) is 7.79. The van der Waals surface area contributed by atoms with Crippen molar-refractivity contribution in [2.24, 2.45) is 5.10 Å². The number of fused-ring (bicyclic) bond motifs is 1. The van der Waals surface area contributed by atoms with Gasteiger partial charge in [-0.2, -0.15) is 10.4 Å². The van der Waals surface area contributed by atoms with E-state index in [0.717, 1.165) is 36.9 Å². The summed E-state index contributed by atoms with van der Waals surface area (Å²) in [5.74, 6) is 0.388. The van der Waals surface area contributed by atoms with Gasteiger partial charge in [-0.1, -0.05) is 66.7 Å². The van der Waals surface area contributed by atoms with Crippen molar-refractivity contribution in [3.8, 4) is 23.1 Å². The van der Waals surface area contributed by atoms with Crippen LogP contribution >= 0.6 is 22.6 Å². The predicted octanol–water partition coefficient (Wildman–Crippen LogP) is 6.72. The number of ether oxygens (including phenoxy) is 1. The predicted molar refractivity (Wildman–Crippen MR) is 157 cm³/mol. The van der Waals surface area contributed by atoms with E-state index in [4.69, 9.17) is 9.72 Å². The Hall–Kier alpha value is -4.55. The second-order valence-corrected chi connectivity index (χ2v) is 9.55. The van der Waals surface area contributed by atoms with Crippen LogP contribution in [0.15, 0.2) is 108 Å². The van der Waals surface area contributed by atoms with Gasteiger partial charge < -0.3 is 4.74 Å². The molecule has 0 unspecified atom stereocenters. The Morgan fingerprint density at radius 1 is 0.974 bits per heavy atom. The van der Waals surface area contributed by atoms with Crippen LogP contribution in [0.5, 0.6) is 5.75 Å². The normalized spacial score (nSPS) is 10.8. The monoisotopic (exact) mass is 608 g/mol. The molecule has 0 fully saturated rings. The molecule has 0 atom stereocenters. The maximum Gasteiger partial charge on any atom is 0.272 e. The summed E-state index contributed by atoms with van der Waals surface area (Å²) in [4.78, 5) is 17.9. The first kappa shape index (κ1) is 25.1. The lowest BCUT2D eigenvalue weighted by atomic mass is 10.0. The lowest BCUT2D eigenvalue weighted by Gasteiger charge is -2.10. The molecular formula is C31H21IN4O2. The second-order valence-electron chi connectivity index (χ2n) is 8.38. The molecule has 0 aliphatic carbocycles. The Morgan fingerprint density at radius 2 is 1.74 bits per heavy atom. The Bertz CT molecular complexity index is 1690. The number of rotatable bonds is 7. The first-order valence-electron chi connectivity index (χ1n) is 11.8. The molecular weight excluding hydrogens is 587 g/mol. The molecule has 0 saturated carbocycles. The minimum Gasteiger partial charge on any atom is -0.488 e. The van der Waals surface area contributed by atoms with Crippen molar-refractivity contribution in [2.45, 2.75) is 6.61 Å². The topological polar surface area (TPSA) is 87.4 Å². The fraction of sp³-hybridized carbons (Fsp3) is 0.0323. The highest BCUT2D eigenvalue weighted by Crippen LogP contribution is 2.25. The van der Waals surface area contributed by atoms with Gasteiger partial charge >= 0.3 is 0 Å². The van der Waals surface area contributed by atoms with Crippen molar-refractivity contribution >= 4 is 45.6 Å². The van der Waals surface area contributed by atoms with Gasteiger partial charge in [-0.05, 0) is 64.6 Å². The molecule has 5 rings (SSSR count). The van der Waals surface area contributed by atoms with Crippen LogP contribution in [0.2, 0.25) is 0 Å². The maximum atomic E-state index is 13.1. The van der Waals surface area contributed by atoms with E-state index < -0.39 is 0 Å². The molecule has 1 N–H and O–H groups in total. The summed E-state index contributed by atoms with van der Waals surface area (Å²) in [6, 6.07) is 34.3. The van der Waals surface area contributed by atoms with Crippen molar-refractivity contribution in [1.82, 2.24) is 10.4 Å². The van der Waals surface area contributed by atoms with Crippen molar-refractivity contribution in [1.29, 1.82) is 5.26 Å². The van der Waals surface area contributed by atoms with E-state index in [1.807, 2.05) is 91.0 Å². The Kier molecular flexibility index (Phi) is 7.71. The number of nitrogens with zero attached hydrogens (tertiary/aromatic N) is 3. The van der Waals surface area contributed by atoms with E-state index in [1.165, 1.54) is 0 Å². The fourth-order valence-corrected chi connectivity index (χ4v) is 4.67. The van der Waals surface area contributed by atoms with Crippen LogP contribution in [0.25, 0.3) is 22.2 Å². The van der Waals surface area contributed by atoms with Gasteiger partial charge in [0, 0.05) is 16.5 Å². The SMILES string of the molecule is N#Cc1ccccc1COc1ccc(/C=N/NC(=O)c2cc(-c3ccccc3)nc3ccccc23)cc1I. The van der Waals surface area contributed by atoms with Crippen molar-refractivity contribution in [2.75, 3.05) is 0 Å². The zero-order chi connectivity index (χ0) is 26.3. The van der Waals surface area contributed by atoms with Crippen molar-refractivity contribution < 1.29 is 9.53 Å². The lowest BCUT2D eigenvalue weighted by molar-refractivity contribution is 0.0956. The third-order valence-corrected chi connectivity index (χ3v) is 6.73. The molecule has 4 aromatic carbocycles. The van der Waals surface area contributed by atoms with Crippen LogP contribution in [0.3, 0.4) is 0 Å². The van der Waals surface area contributed by atoms with Crippen LogP contribution in [-0.4, -0.2) is 17.1 Å². The molecule has 1 heterocycles. The van der Waals surface area contributed by atoms with E-state index in [1.54, 1.807) is 18.3 Å². The number of benzene rings is 4.